The Labute approximate surface area is 125 Å². The van der Waals surface area contributed by atoms with E-state index < -0.39 is 0 Å². The Hall–Kier alpha value is -2.06. The molecule has 21 heavy (non-hydrogen) atoms. The number of rotatable bonds is 5. The molecule has 2 unspecified atom stereocenters. The molecule has 0 aliphatic carbocycles. The summed E-state index contributed by atoms with van der Waals surface area (Å²) in [5.41, 5.74) is 1.95. The van der Waals surface area contributed by atoms with Crippen LogP contribution in [0.2, 0.25) is 0 Å². The molecule has 2 rings (SSSR count). The molecule has 0 radical (unpaired) electrons. The van der Waals surface area contributed by atoms with Crippen LogP contribution in [0.25, 0.3) is 11.0 Å². The number of ether oxygens (including phenoxy) is 1. The number of hydrogen-bond acceptors (Lipinski definition) is 4. The van der Waals surface area contributed by atoms with Crippen molar-refractivity contribution in [3.05, 3.63) is 24.0 Å². The zero-order chi connectivity index (χ0) is 15.6. The van der Waals surface area contributed by atoms with Gasteiger partial charge in [0.15, 0.2) is 0 Å². The van der Waals surface area contributed by atoms with Crippen molar-refractivity contribution in [1.82, 2.24) is 14.5 Å². The molecule has 5 nitrogen and oxygen atoms in total. The van der Waals surface area contributed by atoms with E-state index in [4.69, 9.17) is 15.0 Å². The lowest BCUT2D eigenvalue weighted by molar-refractivity contribution is 0.299. The average molecular weight is 286 g/mol. The Balaban J connectivity index is 2.59. The highest BCUT2D eigenvalue weighted by molar-refractivity contribution is 5.78. The lowest BCUT2D eigenvalue weighted by Gasteiger charge is -2.21. The number of aromatic nitrogens is 2. The predicted octanol–water partition coefficient (Wildman–Crippen LogP) is 2.83. The molecule has 1 heterocycles. The summed E-state index contributed by atoms with van der Waals surface area (Å²) < 4.78 is 7.42. The number of benzene rings is 1. The first-order chi connectivity index (χ1) is 9.97. The van der Waals surface area contributed by atoms with Gasteiger partial charge in [-0.2, -0.15) is 5.26 Å². The molecule has 0 saturated carbocycles. The van der Waals surface area contributed by atoms with Gasteiger partial charge in [0.05, 0.1) is 36.2 Å². The maximum absolute atomic E-state index is 9.11. The number of methoxy groups -OCH3 is 1. The fourth-order valence-electron chi connectivity index (χ4n) is 2.31. The van der Waals surface area contributed by atoms with E-state index in [0.717, 1.165) is 22.6 Å². The van der Waals surface area contributed by atoms with E-state index in [0.29, 0.717) is 6.54 Å². The average Bonchev–Trinajstić information content (AvgIpc) is 2.83. The van der Waals surface area contributed by atoms with Crippen LogP contribution in [-0.2, 0) is 6.54 Å². The summed E-state index contributed by atoms with van der Waals surface area (Å²) >= 11 is 0. The van der Waals surface area contributed by atoms with Crippen molar-refractivity contribution in [1.29, 1.82) is 5.26 Å². The summed E-state index contributed by atoms with van der Waals surface area (Å²) in [5, 5.41) is 9.11. The quantitative estimate of drug-likeness (QED) is 0.848. The first kappa shape index (κ1) is 15.3. The van der Waals surface area contributed by atoms with Crippen LogP contribution in [0.4, 0.5) is 0 Å². The number of nitriles is 1. The van der Waals surface area contributed by atoms with Gasteiger partial charge in [-0.15, -0.1) is 0 Å². The van der Waals surface area contributed by atoms with Crippen molar-refractivity contribution in [2.24, 2.45) is 5.92 Å². The van der Waals surface area contributed by atoms with Crippen LogP contribution in [0.3, 0.4) is 0 Å². The van der Waals surface area contributed by atoms with Crippen LogP contribution in [0.5, 0.6) is 5.75 Å². The normalized spacial score (nSPS) is 14.1. The topological polar surface area (TPSA) is 54.1 Å². The molecule has 2 aromatic rings. The minimum Gasteiger partial charge on any atom is -0.497 e. The van der Waals surface area contributed by atoms with Gasteiger partial charge in [0.25, 0.3) is 0 Å². The standard InChI is InChI=1S/C16H22N4O/c1-11(9-17)10-20-15-7-6-13(21-5)8-14(15)18-16(20)12(2)19(3)4/h6-8,11-12H,10H2,1-5H3. The molecule has 112 valence electrons. The molecule has 0 fully saturated rings. The van der Waals surface area contributed by atoms with Gasteiger partial charge in [0, 0.05) is 12.6 Å². The van der Waals surface area contributed by atoms with Crippen molar-refractivity contribution < 1.29 is 4.74 Å². The van der Waals surface area contributed by atoms with Crippen LogP contribution >= 0.6 is 0 Å². The van der Waals surface area contributed by atoms with Gasteiger partial charge in [-0.1, -0.05) is 0 Å². The van der Waals surface area contributed by atoms with E-state index in [-0.39, 0.29) is 12.0 Å². The monoisotopic (exact) mass is 286 g/mol. The van der Waals surface area contributed by atoms with E-state index in [1.165, 1.54) is 0 Å². The van der Waals surface area contributed by atoms with Crippen LogP contribution in [-0.4, -0.2) is 35.7 Å². The Morgan fingerprint density at radius 1 is 1.38 bits per heavy atom. The minimum absolute atomic E-state index is 0.0578. The highest BCUT2D eigenvalue weighted by atomic mass is 16.5. The first-order valence-electron chi connectivity index (χ1n) is 7.08. The third-order valence-electron chi connectivity index (χ3n) is 3.81. The maximum atomic E-state index is 9.11. The van der Waals surface area contributed by atoms with E-state index >= 15 is 0 Å². The lowest BCUT2D eigenvalue weighted by Crippen LogP contribution is -2.22. The van der Waals surface area contributed by atoms with Gasteiger partial charge in [0.2, 0.25) is 0 Å². The van der Waals surface area contributed by atoms with Gasteiger partial charge >= 0.3 is 0 Å². The number of nitrogens with zero attached hydrogens (tertiary/aromatic N) is 4. The van der Waals surface area contributed by atoms with E-state index in [1.807, 2.05) is 39.2 Å². The SMILES string of the molecule is COc1ccc2c(c1)nc(C(C)N(C)C)n2CC(C)C#N. The zero-order valence-electron chi connectivity index (χ0n) is 13.3. The van der Waals surface area contributed by atoms with Gasteiger partial charge < -0.3 is 9.30 Å². The van der Waals surface area contributed by atoms with Gasteiger partial charge in [0.1, 0.15) is 11.6 Å². The van der Waals surface area contributed by atoms with Gasteiger partial charge in [-0.25, -0.2) is 4.98 Å². The van der Waals surface area contributed by atoms with Crippen molar-refractivity contribution in [3.8, 4) is 11.8 Å². The van der Waals surface area contributed by atoms with Crippen molar-refractivity contribution in [2.75, 3.05) is 21.2 Å². The second kappa shape index (κ2) is 6.15. The summed E-state index contributed by atoms with van der Waals surface area (Å²) in [4.78, 5) is 6.88. The Bertz CT molecular complexity index is 669. The molecular weight excluding hydrogens is 264 g/mol. The van der Waals surface area contributed by atoms with Gasteiger partial charge in [-0.3, -0.25) is 4.90 Å². The Morgan fingerprint density at radius 3 is 2.67 bits per heavy atom. The Morgan fingerprint density at radius 2 is 2.10 bits per heavy atom. The minimum atomic E-state index is -0.0578. The predicted molar refractivity (Wildman–Crippen MR) is 83.2 cm³/mol. The van der Waals surface area contributed by atoms with Gasteiger partial charge in [-0.05, 0) is 40.1 Å². The molecule has 0 aliphatic heterocycles. The Kier molecular flexibility index (Phi) is 4.49. The lowest BCUT2D eigenvalue weighted by atomic mass is 10.2. The zero-order valence-corrected chi connectivity index (χ0v) is 13.3. The van der Waals surface area contributed by atoms with Crippen LogP contribution in [0.15, 0.2) is 18.2 Å². The molecule has 0 aliphatic rings. The number of hydrogen-bond donors (Lipinski definition) is 0. The third kappa shape index (κ3) is 3.01. The fraction of sp³-hybridized carbons (Fsp3) is 0.500. The number of imidazole rings is 1. The molecule has 5 heteroatoms. The van der Waals surface area contributed by atoms with Crippen molar-refractivity contribution >= 4 is 11.0 Å². The molecule has 1 aromatic carbocycles. The van der Waals surface area contributed by atoms with Crippen LogP contribution < -0.4 is 4.74 Å². The molecule has 2 atom stereocenters. The smallest absolute Gasteiger partial charge is 0.127 e. The fourth-order valence-corrected chi connectivity index (χ4v) is 2.31. The van der Waals surface area contributed by atoms with Crippen LogP contribution in [0, 0.1) is 17.2 Å². The van der Waals surface area contributed by atoms with E-state index in [9.17, 15) is 0 Å². The number of fused-ring (bicyclic) bond motifs is 1. The summed E-state index contributed by atoms with van der Waals surface area (Å²) in [7, 11) is 5.71. The maximum Gasteiger partial charge on any atom is 0.127 e. The first-order valence-corrected chi connectivity index (χ1v) is 7.08. The van der Waals surface area contributed by atoms with E-state index in [2.05, 4.69) is 22.5 Å². The summed E-state index contributed by atoms with van der Waals surface area (Å²) in [6.07, 6.45) is 0. The summed E-state index contributed by atoms with van der Waals surface area (Å²) in [5.74, 6) is 1.72. The molecule has 0 saturated heterocycles. The molecule has 0 spiro atoms. The molecule has 0 N–H and O–H groups in total. The second-order valence-electron chi connectivity index (χ2n) is 5.60. The van der Waals surface area contributed by atoms with Crippen LogP contribution in [0.1, 0.15) is 25.7 Å². The van der Waals surface area contributed by atoms with Crippen molar-refractivity contribution in [2.45, 2.75) is 26.4 Å². The largest absolute Gasteiger partial charge is 0.497 e. The highest BCUT2D eigenvalue weighted by Crippen LogP contribution is 2.27. The molecule has 0 bridgehead atoms. The third-order valence-corrected chi connectivity index (χ3v) is 3.81. The summed E-state index contributed by atoms with van der Waals surface area (Å²) in [6.45, 7) is 4.69. The van der Waals surface area contributed by atoms with E-state index in [1.54, 1.807) is 7.11 Å². The van der Waals surface area contributed by atoms with Crippen molar-refractivity contribution in [3.63, 3.8) is 0 Å². The molecular formula is C16H22N4O. The second-order valence-corrected chi connectivity index (χ2v) is 5.60. The molecule has 0 amide bonds. The summed E-state index contributed by atoms with van der Waals surface area (Å²) in [6, 6.07) is 8.36. The molecule has 1 aromatic heterocycles. The highest BCUT2D eigenvalue weighted by Gasteiger charge is 2.19.